The molecule has 2 aromatic rings. The van der Waals surface area contributed by atoms with Gasteiger partial charge >= 0.3 is 6.18 Å². The van der Waals surface area contributed by atoms with Crippen molar-refractivity contribution in [3.05, 3.63) is 53.6 Å². The number of rotatable bonds is 5. The molecule has 10 heteroatoms. The number of carbonyl (C=O) groups excluding carboxylic acids is 1. The fourth-order valence-electron chi connectivity index (χ4n) is 3.52. The first-order valence-electron chi connectivity index (χ1n) is 9.65. The van der Waals surface area contributed by atoms with Gasteiger partial charge in [-0.25, -0.2) is 8.42 Å². The first-order valence-corrected chi connectivity index (χ1v) is 11.1. The van der Waals surface area contributed by atoms with E-state index >= 15 is 0 Å². The van der Waals surface area contributed by atoms with E-state index in [9.17, 15) is 26.4 Å². The molecule has 1 aliphatic rings. The monoisotopic (exact) mass is 456 g/mol. The molecule has 0 saturated carbocycles. The molecule has 1 amide bonds. The summed E-state index contributed by atoms with van der Waals surface area (Å²) < 4.78 is 70.6. The number of anilines is 1. The largest absolute Gasteiger partial charge is 0.496 e. The van der Waals surface area contributed by atoms with Crippen molar-refractivity contribution in [3.63, 3.8) is 0 Å². The van der Waals surface area contributed by atoms with E-state index in [4.69, 9.17) is 4.74 Å². The molecule has 0 aromatic heterocycles. The minimum Gasteiger partial charge on any atom is -0.496 e. The normalized spacial score (nSPS) is 17.9. The van der Waals surface area contributed by atoms with Crippen molar-refractivity contribution >= 4 is 21.6 Å². The van der Waals surface area contributed by atoms with Crippen molar-refractivity contribution in [2.45, 2.75) is 30.8 Å². The van der Waals surface area contributed by atoms with E-state index < -0.39 is 33.6 Å². The van der Waals surface area contributed by atoms with Crippen LogP contribution in [0, 0.1) is 12.8 Å². The maximum Gasteiger partial charge on any atom is 0.416 e. The summed E-state index contributed by atoms with van der Waals surface area (Å²) in [6.07, 6.45) is -3.47. The molecule has 6 nitrogen and oxygen atoms in total. The summed E-state index contributed by atoms with van der Waals surface area (Å²) in [5.41, 5.74) is 0.0937. The number of piperidine rings is 1. The predicted octanol–water partition coefficient (Wildman–Crippen LogP) is 4.06. The minimum absolute atomic E-state index is 0.000121. The average molecular weight is 456 g/mol. The lowest BCUT2D eigenvalue weighted by Gasteiger charge is -2.31. The number of amides is 1. The first-order chi connectivity index (χ1) is 14.5. The van der Waals surface area contributed by atoms with Crippen LogP contribution in [0.1, 0.15) is 24.0 Å². The third-order valence-corrected chi connectivity index (χ3v) is 7.10. The number of sulfonamides is 1. The van der Waals surface area contributed by atoms with Crippen molar-refractivity contribution in [1.82, 2.24) is 4.31 Å². The van der Waals surface area contributed by atoms with Gasteiger partial charge in [0, 0.05) is 18.8 Å². The second-order valence-corrected chi connectivity index (χ2v) is 9.34. The van der Waals surface area contributed by atoms with Crippen molar-refractivity contribution in [1.29, 1.82) is 0 Å². The van der Waals surface area contributed by atoms with E-state index in [1.54, 1.807) is 13.0 Å². The fraction of sp³-hybridized carbons (Fsp3) is 0.381. The molecule has 0 radical (unpaired) electrons. The molecule has 3 rings (SSSR count). The molecule has 1 saturated heterocycles. The Morgan fingerprint density at radius 3 is 2.42 bits per heavy atom. The molecule has 168 valence electrons. The molecule has 1 unspecified atom stereocenters. The Morgan fingerprint density at radius 2 is 1.84 bits per heavy atom. The number of alkyl halides is 3. The zero-order chi connectivity index (χ0) is 22.8. The summed E-state index contributed by atoms with van der Waals surface area (Å²) in [6, 6.07) is 8.71. The molecule has 1 fully saturated rings. The van der Waals surface area contributed by atoms with Crippen LogP contribution in [0.2, 0.25) is 0 Å². The molecule has 1 heterocycles. The summed E-state index contributed by atoms with van der Waals surface area (Å²) in [6.45, 7) is 2.03. The van der Waals surface area contributed by atoms with Gasteiger partial charge in [0.2, 0.25) is 15.9 Å². The standard InChI is InChI=1S/C21H23F3N2O4S/c1-14-12-18(9-10-19(14)30-2)31(28,29)26-11-3-4-15(13-26)20(27)25-17-7-5-16(6-8-17)21(22,23)24/h5-10,12,15H,3-4,11,13H2,1-2H3,(H,25,27). The van der Waals surface area contributed by atoms with Crippen molar-refractivity contribution < 1.29 is 31.1 Å². The van der Waals surface area contributed by atoms with Gasteiger partial charge in [-0.1, -0.05) is 0 Å². The third kappa shape index (κ3) is 5.19. The van der Waals surface area contributed by atoms with E-state index in [1.165, 1.54) is 35.7 Å². The van der Waals surface area contributed by atoms with Crippen LogP contribution < -0.4 is 10.1 Å². The summed E-state index contributed by atoms with van der Waals surface area (Å²) in [4.78, 5) is 12.7. The van der Waals surface area contributed by atoms with Gasteiger partial charge in [-0.05, 0) is 67.8 Å². The highest BCUT2D eigenvalue weighted by molar-refractivity contribution is 7.89. The van der Waals surface area contributed by atoms with Gasteiger partial charge < -0.3 is 10.1 Å². The van der Waals surface area contributed by atoms with Crippen molar-refractivity contribution in [3.8, 4) is 5.75 Å². The van der Waals surface area contributed by atoms with Gasteiger partial charge in [0.05, 0.1) is 23.5 Å². The summed E-state index contributed by atoms with van der Waals surface area (Å²) in [5, 5.41) is 2.58. The molecule has 1 atom stereocenters. The number of methoxy groups -OCH3 is 1. The average Bonchev–Trinajstić information content (AvgIpc) is 2.73. The molecular weight excluding hydrogens is 433 g/mol. The van der Waals surface area contributed by atoms with Crippen LogP contribution in [-0.4, -0.2) is 38.8 Å². The zero-order valence-electron chi connectivity index (χ0n) is 17.1. The second-order valence-electron chi connectivity index (χ2n) is 7.40. The Kier molecular flexibility index (Phi) is 6.61. The first kappa shape index (κ1) is 23.1. The topological polar surface area (TPSA) is 75.7 Å². The number of ether oxygens (including phenoxy) is 1. The van der Waals surface area contributed by atoms with Crippen LogP contribution in [0.3, 0.4) is 0 Å². The van der Waals surface area contributed by atoms with Gasteiger partial charge in [0.25, 0.3) is 0 Å². The van der Waals surface area contributed by atoms with Crippen molar-refractivity contribution in [2.75, 3.05) is 25.5 Å². The highest BCUT2D eigenvalue weighted by Crippen LogP contribution is 2.31. The lowest BCUT2D eigenvalue weighted by atomic mass is 9.98. The lowest BCUT2D eigenvalue weighted by Crippen LogP contribution is -2.43. The fourth-order valence-corrected chi connectivity index (χ4v) is 5.13. The molecule has 0 aliphatic carbocycles. The Morgan fingerprint density at radius 1 is 1.16 bits per heavy atom. The number of aryl methyl sites for hydroxylation is 1. The molecule has 1 N–H and O–H groups in total. The molecule has 2 aromatic carbocycles. The molecule has 31 heavy (non-hydrogen) atoms. The Hall–Kier alpha value is -2.59. The highest BCUT2D eigenvalue weighted by atomic mass is 32.2. The van der Waals surface area contributed by atoms with E-state index in [1.807, 2.05) is 0 Å². The van der Waals surface area contributed by atoms with Crippen LogP contribution in [0.5, 0.6) is 5.75 Å². The van der Waals surface area contributed by atoms with E-state index in [0.717, 1.165) is 12.1 Å². The number of hydrogen-bond donors (Lipinski definition) is 1. The summed E-state index contributed by atoms with van der Waals surface area (Å²) in [5.74, 6) is -0.456. The van der Waals surface area contributed by atoms with Crippen LogP contribution in [-0.2, 0) is 21.0 Å². The van der Waals surface area contributed by atoms with Gasteiger partial charge in [-0.15, -0.1) is 0 Å². The number of hydrogen-bond acceptors (Lipinski definition) is 4. The maximum atomic E-state index is 13.0. The number of carbonyl (C=O) groups is 1. The molecule has 0 bridgehead atoms. The summed E-state index contributed by atoms with van der Waals surface area (Å²) >= 11 is 0. The predicted molar refractivity (Wildman–Crippen MR) is 109 cm³/mol. The van der Waals surface area contributed by atoms with Gasteiger partial charge in [-0.2, -0.15) is 17.5 Å². The highest BCUT2D eigenvalue weighted by Gasteiger charge is 2.34. The smallest absolute Gasteiger partial charge is 0.416 e. The van der Waals surface area contributed by atoms with E-state index in [2.05, 4.69) is 5.32 Å². The lowest BCUT2D eigenvalue weighted by molar-refractivity contribution is -0.137. The van der Waals surface area contributed by atoms with Crippen molar-refractivity contribution in [2.24, 2.45) is 5.92 Å². The Balaban J connectivity index is 1.71. The second kappa shape index (κ2) is 8.88. The van der Waals surface area contributed by atoms with E-state index in [0.29, 0.717) is 24.2 Å². The Labute approximate surface area is 179 Å². The maximum absolute atomic E-state index is 13.0. The van der Waals surface area contributed by atoms with E-state index in [-0.39, 0.29) is 23.7 Å². The third-order valence-electron chi connectivity index (χ3n) is 5.24. The van der Waals surface area contributed by atoms with Gasteiger partial charge in [0.1, 0.15) is 5.75 Å². The molecule has 0 spiro atoms. The van der Waals surface area contributed by atoms with Gasteiger partial charge in [0.15, 0.2) is 0 Å². The zero-order valence-corrected chi connectivity index (χ0v) is 17.9. The van der Waals surface area contributed by atoms with Gasteiger partial charge in [-0.3, -0.25) is 4.79 Å². The molecule has 1 aliphatic heterocycles. The number of nitrogens with zero attached hydrogens (tertiary/aromatic N) is 1. The van der Waals surface area contributed by atoms with Crippen LogP contribution in [0.25, 0.3) is 0 Å². The van der Waals surface area contributed by atoms with Crippen LogP contribution in [0.15, 0.2) is 47.4 Å². The number of halogens is 3. The minimum atomic E-state index is -4.46. The Bertz CT molecular complexity index is 1050. The number of nitrogens with one attached hydrogen (secondary N) is 1. The summed E-state index contributed by atoms with van der Waals surface area (Å²) in [7, 11) is -2.30. The van der Waals surface area contributed by atoms with Crippen LogP contribution >= 0.6 is 0 Å². The SMILES string of the molecule is COc1ccc(S(=O)(=O)N2CCCC(C(=O)Nc3ccc(C(F)(F)F)cc3)C2)cc1C. The molecular formula is C21H23F3N2O4S. The van der Waals surface area contributed by atoms with Crippen LogP contribution in [0.4, 0.5) is 18.9 Å². The quantitative estimate of drug-likeness (QED) is 0.736. The number of benzene rings is 2.